The number of nitrogens with one attached hydrogen (secondary N) is 2. The van der Waals surface area contributed by atoms with E-state index in [1.54, 1.807) is 18.3 Å². The van der Waals surface area contributed by atoms with Crippen molar-refractivity contribution in [2.24, 2.45) is 10.2 Å². The van der Waals surface area contributed by atoms with Crippen LogP contribution >= 0.6 is 11.6 Å². The summed E-state index contributed by atoms with van der Waals surface area (Å²) in [7, 11) is 0. The van der Waals surface area contributed by atoms with Crippen LogP contribution in [0.4, 0.5) is 11.6 Å². The van der Waals surface area contributed by atoms with E-state index in [4.69, 9.17) is 11.6 Å². The van der Waals surface area contributed by atoms with Crippen LogP contribution < -0.4 is 10.6 Å². The molecular weight excluding hydrogens is 332 g/mol. The molecule has 2 amide bonds. The van der Waals surface area contributed by atoms with E-state index in [0.717, 1.165) is 5.56 Å². The Kier molecular flexibility index (Phi) is 3.14. The first-order valence-corrected chi connectivity index (χ1v) is 7.32. The van der Waals surface area contributed by atoms with Crippen molar-refractivity contribution in [2.75, 3.05) is 10.6 Å². The standard InChI is InChI=1S/C15H9ClN6O2/c1-6-2-8-10(14(23)19-12(8)17-4-6)21-22-11-9-3-7(16)5-18-13(9)20-15(11)24/h2-5H,1H3,(H,17,19,21,23)(H,18,20,22,24). The summed E-state index contributed by atoms with van der Waals surface area (Å²) in [4.78, 5) is 32.2. The predicted octanol–water partition coefficient (Wildman–Crippen LogP) is 1.54. The molecule has 0 aromatic carbocycles. The fourth-order valence-electron chi connectivity index (χ4n) is 2.45. The van der Waals surface area contributed by atoms with Gasteiger partial charge in [-0.3, -0.25) is 9.59 Å². The minimum Gasteiger partial charge on any atom is -0.305 e. The van der Waals surface area contributed by atoms with Gasteiger partial charge in [0, 0.05) is 12.4 Å². The van der Waals surface area contributed by atoms with Crippen molar-refractivity contribution >= 4 is 46.5 Å². The second kappa shape index (κ2) is 5.20. The maximum atomic E-state index is 12.0. The van der Waals surface area contributed by atoms with Crippen molar-refractivity contribution in [1.82, 2.24) is 9.97 Å². The van der Waals surface area contributed by atoms with Crippen LogP contribution in [0.1, 0.15) is 16.7 Å². The summed E-state index contributed by atoms with van der Waals surface area (Å²) in [5, 5.41) is 13.5. The van der Waals surface area contributed by atoms with E-state index in [2.05, 4.69) is 30.8 Å². The van der Waals surface area contributed by atoms with Crippen LogP contribution in [-0.2, 0) is 9.59 Å². The SMILES string of the molecule is Cc1cnc2c(c1)/C(=N/N=C1\C(=O)Nc3ncc(Cl)cc31)C(=O)N2. The molecule has 0 saturated carbocycles. The van der Waals surface area contributed by atoms with E-state index < -0.39 is 11.8 Å². The summed E-state index contributed by atoms with van der Waals surface area (Å²) in [5.41, 5.74) is 2.02. The summed E-state index contributed by atoms with van der Waals surface area (Å²) < 4.78 is 0. The second-order valence-corrected chi connectivity index (χ2v) is 5.70. The van der Waals surface area contributed by atoms with Gasteiger partial charge in [0.15, 0.2) is 11.4 Å². The van der Waals surface area contributed by atoms with E-state index in [1.165, 1.54) is 6.20 Å². The molecular formula is C15H9ClN6O2. The topological polar surface area (TPSA) is 109 Å². The van der Waals surface area contributed by atoms with Gasteiger partial charge in [-0.15, -0.1) is 10.2 Å². The van der Waals surface area contributed by atoms with E-state index in [9.17, 15) is 9.59 Å². The van der Waals surface area contributed by atoms with Gasteiger partial charge in [0.2, 0.25) is 0 Å². The lowest BCUT2D eigenvalue weighted by atomic mass is 10.1. The first kappa shape index (κ1) is 14.5. The Bertz CT molecular complexity index is 902. The number of aryl methyl sites for hydroxylation is 1. The highest BCUT2D eigenvalue weighted by molar-refractivity contribution is 6.55. The zero-order valence-electron chi connectivity index (χ0n) is 12.3. The van der Waals surface area contributed by atoms with Crippen LogP contribution in [-0.4, -0.2) is 33.2 Å². The summed E-state index contributed by atoms with van der Waals surface area (Å²) in [6.45, 7) is 1.86. The van der Waals surface area contributed by atoms with Gasteiger partial charge in [-0.05, 0) is 24.6 Å². The zero-order chi connectivity index (χ0) is 16.8. The van der Waals surface area contributed by atoms with Gasteiger partial charge < -0.3 is 10.6 Å². The van der Waals surface area contributed by atoms with Crippen molar-refractivity contribution in [1.29, 1.82) is 0 Å². The first-order chi connectivity index (χ1) is 11.5. The number of hydrogen-bond donors (Lipinski definition) is 2. The van der Waals surface area contributed by atoms with Gasteiger partial charge in [-0.1, -0.05) is 11.6 Å². The molecule has 0 radical (unpaired) electrons. The highest BCUT2D eigenvalue weighted by Gasteiger charge is 2.30. The molecule has 2 aromatic rings. The number of anilines is 2. The molecule has 0 unspecified atom stereocenters. The highest BCUT2D eigenvalue weighted by Crippen LogP contribution is 2.25. The number of aromatic nitrogens is 2. The molecule has 0 aliphatic carbocycles. The molecule has 4 heterocycles. The normalized spacial score (nSPS) is 18.6. The van der Waals surface area contributed by atoms with Gasteiger partial charge in [0.1, 0.15) is 11.6 Å². The molecule has 24 heavy (non-hydrogen) atoms. The molecule has 2 aromatic heterocycles. The van der Waals surface area contributed by atoms with E-state index in [-0.39, 0.29) is 11.4 Å². The summed E-state index contributed by atoms with van der Waals surface area (Å²) >= 11 is 5.91. The average Bonchev–Trinajstić information content (AvgIpc) is 3.01. The number of rotatable bonds is 1. The molecule has 9 heteroatoms. The quantitative estimate of drug-likeness (QED) is 0.767. The monoisotopic (exact) mass is 340 g/mol. The van der Waals surface area contributed by atoms with Gasteiger partial charge in [-0.2, -0.15) is 0 Å². The lowest BCUT2D eigenvalue weighted by Gasteiger charge is -1.97. The van der Waals surface area contributed by atoms with Crippen LogP contribution in [0.2, 0.25) is 5.02 Å². The largest absolute Gasteiger partial charge is 0.305 e. The molecule has 0 fully saturated rings. The maximum absolute atomic E-state index is 12.0. The van der Waals surface area contributed by atoms with Gasteiger partial charge in [0.05, 0.1) is 16.1 Å². The van der Waals surface area contributed by atoms with E-state index in [0.29, 0.717) is 27.8 Å². The van der Waals surface area contributed by atoms with Crippen molar-refractivity contribution < 1.29 is 9.59 Å². The Morgan fingerprint density at radius 1 is 0.917 bits per heavy atom. The van der Waals surface area contributed by atoms with Gasteiger partial charge in [0.25, 0.3) is 11.8 Å². The molecule has 2 N–H and O–H groups in total. The van der Waals surface area contributed by atoms with Gasteiger partial charge in [-0.25, -0.2) is 9.97 Å². The van der Waals surface area contributed by atoms with Crippen LogP contribution in [0.5, 0.6) is 0 Å². The smallest absolute Gasteiger partial charge is 0.278 e. The second-order valence-electron chi connectivity index (χ2n) is 5.26. The molecule has 4 rings (SSSR count). The number of amides is 2. The molecule has 0 bridgehead atoms. The Hall–Kier alpha value is -3.13. The Balaban J connectivity index is 1.80. The number of pyridine rings is 2. The zero-order valence-corrected chi connectivity index (χ0v) is 13.0. The molecule has 118 valence electrons. The van der Waals surface area contributed by atoms with Crippen molar-refractivity contribution in [3.63, 3.8) is 0 Å². The minimum atomic E-state index is -0.454. The third kappa shape index (κ3) is 2.24. The molecule has 0 saturated heterocycles. The van der Waals surface area contributed by atoms with Crippen LogP contribution in [0.25, 0.3) is 0 Å². The summed E-state index contributed by atoms with van der Waals surface area (Å²) in [6, 6.07) is 3.34. The molecule has 0 spiro atoms. The fourth-order valence-corrected chi connectivity index (χ4v) is 2.60. The van der Waals surface area contributed by atoms with Crippen molar-refractivity contribution in [3.8, 4) is 0 Å². The third-order valence-electron chi connectivity index (χ3n) is 3.53. The van der Waals surface area contributed by atoms with Crippen LogP contribution in [0.3, 0.4) is 0 Å². The molecule has 2 aliphatic rings. The third-order valence-corrected chi connectivity index (χ3v) is 3.74. The Morgan fingerprint density at radius 3 is 2.08 bits per heavy atom. The van der Waals surface area contributed by atoms with Crippen molar-refractivity contribution in [2.45, 2.75) is 6.92 Å². The van der Waals surface area contributed by atoms with E-state index in [1.807, 2.05) is 6.92 Å². The highest BCUT2D eigenvalue weighted by atomic mass is 35.5. The number of carbonyl (C=O) groups excluding carboxylic acids is 2. The number of nitrogens with zero attached hydrogens (tertiary/aromatic N) is 4. The summed E-state index contributed by atoms with van der Waals surface area (Å²) in [5.74, 6) is -0.0944. The van der Waals surface area contributed by atoms with Gasteiger partial charge >= 0.3 is 0 Å². The number of fused-ring (bicyclic) bond motifs is 2. The number of hydrogen-bond acceptors (Lipinski definition) is 6. The maximum Gasteiger partial charge on any atom is 0.278 e. The van der Waals surface area contributed by atoms with E-state index >= 15 is 0 Å². The Labute approximate surface area is 140 Å². The first-order valence-electron chi connectivity index (χ1n) is 6.94. The fraction of sp³-hybridized carbons (Fsp3) is 0.0667. The van der Waals surface area contributed by atoms with Crippen LogP contribution in [0, 0.1) is 6.92 Å². The molecule has 2 aliphatic heterocycles. The van der Waals surface area contributed by atoms with Crippen molar-refractivity contribution in [3.05, 3.63) is 46.2 Å². The molecule has 8 nitrogen and oxygen atoms in total. The molecule has 0 atom stereocenters. The minimum absolute atomic E-state index is 0.0503. The lowest BCUT2D eigenvalue weighted by Crippen LogP contribution is -2.16. The average molecular weight is 341 g/mol. The predicted molar refractivity (Wildman–Crippen MR) is 88.6 cm³/mol. The van der Waals surface area contributed by atoms with Crippen LogP contribution in [0.15, 0.2) is 34.7 Å². The number of halogens is 1. The Morgan fingerprint density at radius 2 is 1.46 bits per heavy atom. The summed E-state index contributed by atoms with van der Waals surface area (Å²) in [6.07, 6.45) is 3.06. The number of carbonyl (C=O) groups is 2. The lowest BCUT2D eigenvalue weighted by molar-refractivity contribution is -0.111.